The smallest absolute Gasteiger partial charge is 0.188 e. The van der Waals surface area contributed by atoms with Crippen molar-refractivity contribution in [2.75, 3.05) is 0 Å². The number of pyridine rings is 1. The van der Waals surface area contributed by atoms with Crippen LogP contribution in [0, 0.1) is 0 Å². The molecule has 0 atom stereocenters. The van der Waals surface area contributed by atoms with E-state index in [0.717, 1.165) is 9.79 Å². The lowest BCUT2D eigenvalue weighted by Gasteiger charge is -2.05. The van der Waals surface area contributed by atoms with E-state index in [1.807, 2.05) is 18.2 Å². The monoisotopic (exact) mass is 295 g/mol. The second-order valence-corrected chi connectivity index (χ2v) is 5.62. The SMILES string of the molecule is NC(=NO)c1cc(Sc2ccc3ccccc3c2)ccn1. The molecule has 5 heteroatoms. The summed E-state index contributed by atoms with van der Waals surface area (Å²) in [6, 6.07) is 18.3. The number of nitrogens with zero attached hydrogens (tertiary/aromatic N) is 2. The van der Waals surface area contributed by atoms with E-state index in [-0.39, 0.29) is 5.84 Å². The zero-order valence-electron chi connectivity index (χ0n) is 11.1. The van der Waals surface area contributed by atoms with Gasteiger partial charge in [-0.1, -0.05) is 47.2 Å². The number of hydrogen-bond acceptors (Lipinski definition) is 4. The van der Waals surface area contributed by atoms with E-state index in [4.69, 9.17) is 10.9 Å². The van der Waals surface area contributed by atoms with Gasteiger partial charge in [0, 0.05) is 16.0 Å². The molecule has 21 heavy (non-hydrogen) atoms. The van der Waals surface area contributed by atoms with Gasteiger partial charge in [0.05, 0.1) is 0 Å². The minimum atomic E-state index is 0.0101. The van der Waals surface area contributed by atoms with Crippen LogP contribution < -0.4 is 5.73 Å². The predicted molar refractivity (Wildman–Crippen MR) is 84.8 cm³/mol. The van der Waals surface area contributed by atoms with E-state index in [0.29, 0.717) is 5.69 Å². The first-order valence-electron chi connectivity index (χ1n) is 6.37. The summed E-state index contributed by atoms with van der Waals surface area (Å²) >= 11 is 1.61. The van der Waals surface area contributed by atoms with Gasteiger partial charge in [0.15, 0.2) is 5.84 Å². The van der Waals surface area contributed by atoms with Crippen LogP contribution in [0.25, 0.3) is 10.8 Å². The van der Waals surface area contributed by atoms with Gasteiger partial charge in [0.1, 0.15) is 5.69 Å². The Morgan fingerprint density at radius 3 is 2.57 bits per heavy atom. The molecule has 0 aliphatic carbocycles. The van der Waals surface area contributed by atoms with Crippen molar-refractivity contribution in [1.82, 2.24) is 4.98 Å². The summed E-state index contributed by atoms with van der Waals surface area (Å²) < 4.78 is 0. The van der Waals surface area contributed by atoms with Crippen molar-refractivity contribution in [3.05, 3.63) is 66.5 Å². The fraction of sp³-hybridized carbons (Fsp3) is 0. The minimum absolute atomic E-state index is 0.0101. The molecule has 1 heterocycles. The number of amidine groups is 1. The second kappa shape index (κ2) is 5.85. The number of hydrogen-bond donors (Lipinski definition) is 2. The standard InChI is InChI=1S/C16H13N3OS/c17-16(19-20)15-10-14(7-8-18-15)21-13-6-5-11-3-1-2-4-12(11)9-13/h1-10,20H,(H2,17,19). The number of oxime groups is 1. The third-order valence-electron chi connectivity index (χ3n) is 3.06. The number of fused-ring (bicyclic) bond motifs is 1. The Kier molecular flexibility index (Phi) is 3.75. The zero-order valence-corrected chi connectivity index (χ0v) is 11.9. The molecule has 0 aliphatic rings. The Labute approximate surface area is 126 Å². The van der Waals surface area contributed by atoms with Crippen LogP contribution in [-0.2, 0) is 0 Å². The molecular weight excluding hydrogens is 282 g/mol. The van der Waals surface area contributed by atoms with E-state index in [1.54, 1.807) is 24.0 Å². The van der Waals surface area contributed by atoms with Crippen LogP contribution in [0.4, 0.5) is 0 Å². The Hall–Kier alpha value is -2.53. The Morgan fingerprint density at radius 1 is 1.00 bits per heavy atom. The van der Waals surface area contributed by atoms with Crippen LogP contribution in [0.1, 0.15) is 5.69 Å². The molecule has 0 spiro atoms. The quantitative estimate of drug-likeness (QED) is 0.336. The van der Waals surface area contributed by atoms with Crippen molar-refractivity contribution in [2.45, 2.75) is 9.79 Å². The summed E-state index contributed by atoms with van der Waals surface area (Å²) in [5, 5.41) is 14.1. The molecule has 3 N–H and O–H groups in total. The number of benzene rings is 2. The van der Waals surface area contributed by atoms with Gasteiger partial charge < -0.3 is 10.9 Å². The van der Waals surface area contributed by atoms with Gasteiger partial charge in [-0.15, -0.1) is 0 Å². The summed E-state index contributed by atoms with van der Waals surface area (Å²) in [5.74, 6) is 0.0101. The first-order chi connectivity index (χ1) is 10.3. The predicted octanol–water partition coefficient (Wildman–Crippen LogP) is 3.48. The molecule has 0 bridgehead atoms. The molecule has 0 amide bonds. The zero-order chi connectivity index (χ0) is 14.7. The van der Waals surface area contributed by atoms with Gasteiger partial charge in [-0.3, -0.25) is 4.98 Å². The van der Waals surface area contributed by atoms with E-state index in [2.05, 4.69) is 40.5 Å². The van der Waals surface area contributed by atoms with Crippen LogP contribution in [0.15, 0.2) is 75.7 Å². The average molecular weight is 295 g/mol. The van der Waals surface area contributed by atoms with Crippen LogP contribution >= 0.6 is 11.8 Å². The molecule has 0 saturated heterocycles. The molecule has 0 fully saturated rings. The van der Waals surface area contributed by atoms with Gasteiger partial charge >= 0.3 is 0 Å². The molecule has 0 radical (unpaired) electrons. The first kappa shape index (κ1) is 13.5. The van der Waals surface area contributed by atoms with Crippen molar-refractivity contribution < 1.29 is 5.21 Å². The molecule has 0 aliphatic heterocycles. The lowest BCUT2D eigenvalue weighted by molar-refractivity contribution is 0.318. The van der Waals surface area contributed by atoms with Crippen LogP contribution in [0.3, 0.4) is 0 Å². The molecule has 3 rings (SSSR count). The van der Waals surface area contributed by atoms with Gasteiger partial charge in [-0.05, 0) is 35.0 Å². The topological polar surface area (TPSA) is 71.5 Å². The summed E-state index contributed by atoms with van der Waals surface area (Å²) in [6.07, 6.45) is 1.65. The highest BCUT2D eigenvalue weighted by Crippen LogP contribution is 2.30. The van der Waals surface area contributed by atoms with Crippen molar-refractivity contribution in [1.29, 1.82) is 0 Å². The van der Waals surface area contributed by atoms with E-state index in [1.165, 1.54) is 10.8 Å². The summed E-state index contributed by atoms with van der Waals surface area (Å²) in [6.45, 7) is 0. The van der Waals surface area contributed by atoms with Gasteiger partial charge in [-0.2, -0.15) is 0 Å². The van der Waals surface area contributed by atoms with Crippen molar-refractivity contribution >= 4 is 28.4 Å². The molecule has 0 saturated carbocycles. The maximum atomic E-state index is 8.70. The maximum Gasteiger partial charge on any atom is 0.188 e. The third-order valence-corrected chi connectivity index (χ3v) is 4.04. The Bertz CT molecular complexity index is 817. The molecule has 104 valence electrons. The number of rotatable bonds is 3. The van der Waals surface area contributed by atoms with Crippen molar-refractivity contribution in [2.24, 2.45) is 10.9 Å². The molecule has 2 aromatic carbocycles. The van der Waals surface area contributed by atoms with Gasteiger partial charge in [-0.25, -0.2) is 0 Å². The normalized spacial score (nSPS) is 11.7. The van der Waals surface area contributed by atoms with Crippen LogP contribution in [0.2, 0.25) is 0 Å². The highest BCUT2D eigenvalue weighted by atomic mass is 32.2. The molecule has 4 nitrogen and oxygen atoms in total. The van der Waals surface area contributed by atoms with Crippen LogP contribution in [0.5, 0.6) is 0 Å². The lowest BCUT2D eigenvalue weighted by atomic mass is 10.1. The van der Waals surface area contributed by atoms with E-state index >= 15 is 0 Å². The first-order valence-corrected chi connectivity index (χ1v) is 7.18. The van der Waals surface area contributed by atoms with Gasteiger partial charge in [0.25, 0.3) is 0 Å². The van der Waals surface area contributed by atoms with E-state index in [9.17, 15) is 0 Å². The maximum absolute atomic E-state index is 8.70. The summed E-state index contributed by atoms with van der Waals surface area (Å²) in [5.41, 5.74) is 6.02. The number of aromatic nitrogens is 1. The van der Waals surface area contributed by atoms with Crippen LogP contribution in [-0.4, -0.2) is 16.0 Å². The number of nitrogens with two attached hydrogens (primary N) is 1. The molecule has 0 unspecified atom stereocenters. The third kappa shape index (κ3) is 2.98. The molecule has 3 aromatic rings. The Balaban J connectivity index is 1.91. The highest BCUT2D eigenvalue weighted by Gasteiger charge is 2.04. The largest absolute Gasteiger partial charge is 0.409 e. The lowest BCUT2D eigenvalue weighted by Crippen LogP contribution is -2.14. The second-order valence-electron chi connectivity index (χ2n) is 4.47. The average Bonchev–Trinajstić information content (AvgIpc) is 2.54. The fourth-order valence-corrected chi connectivity index (χ4v) is 2.93. The summed E-state index contributed by atoms with van der Waals surface area (Å²) in [7, 11) is 0. The molecule has 1 aromatic heterocycles. The van der Waals surface area contributed by atoms with Crippen molar-refractivity contribution in [3.63, 3.8) is 0 Å². The van der Waals surface area contributed by atoms with Gasteiger partial charge in [0.2, 0.25) is 0 Å². The minimum Gasteiger partial charge on any atom is -0.409 e. The van der Waals surface area contributed by atoms with E-state index < -0.39 is 0 Å². The van der Waals surface area contributed by atoms with Crippen molar-refractivity contribution in [3.8, 4) is 0 Å². The highest BCUT2D eigenvalue weighted by molar-refractivity contribution is 7.99. The fourth-order valence-electron chi connectivity index (χ4n) is 2.03. The Morgan fingerprint density at radius 2 is 1.76 bits per heavy atom. The summed E-state index contributed by atoms with van der Waals surface area (Å²) in [4.78, 5) is 6.19. The molecular formula is C16H13N3OS.